The standard InChI is InChI=1S/C17H21N3O/c1-13-6-3-4-8-16(13)12-20(2)11-14-7-5-9-15(10-14)17(21)19-18/h3-10H,11-12,18H2,1-2H3,(H,19,21). The van der Waals surface area contributed by atoms with Crippen molar-refractivity contribution in [3.05, 3.63) is 70.8 Å². The largest absolute Gasteiger partial charge is 0.298 e. The molecule has 21 heavy (non-hydrogen) atoms. The predicted octanol–water partition coefficient (Wildman–Crippen LogP) is 2.23. The molecule has 3 N–H and O–H groups in total. The van der Waals surface area contributed by atoms with Gasteiger partial charge in [0.05, 0.1) is 0 Å². The fourth-order valence-electron chi connectivity index (χ4n) is 2.34. The van der Waals surface area contributed by atoms with E-state index in [1.165, 1.54) is 11.1 Å². The second kappa shape index (κ2) is 7.02. The Bertz CT molecular complexity index is 625. The van der Waals surface area contributed by atoms with Gasteiger partial charge in [0.2, 0.25) is 0 Å². The van der Waals surface area contributed by atoms with Crippen LogP contribution in [0.25, 0.3) is 0 Å². The SMILES string of the molecule is Cc1ccccc1CN(C)Cc1cccc(C(=O)NN)c1. The van der Waals surface area contributed by atoms with Crippen LogP contribution >= 0.6 is 0 Å². The topological polar surface area (TPSA) is 58.4 Å². The van der Waals surface area contributed by atoms with E-state index >= 15 is 0 Å². The number of nitrogen functional groups attached to an aromatic ring is 1. The van der Waals surface area contributed by atoms with Gasteiger partial charge in [-0.05, 0) is 42.8 Å². The Hall–Kier alpha value is -2.17. The molecule has 0 atom stereocenters. The molecule has 0 bridgehead atoms. The lowest BCUT2D eigenvalue weighted by molar-refractivity contribution is 0.0953. The Morgan fingerprint density at radius 2 is 1.90 bits per heavy atom. The van der Waals surface area contributed by atoms with Gasteiger partial charge in [-0.15, -0.1) is 0 Å². The van der Waals surface area contributed by atoms with Gasteiger partial charge in [-0.25, -0.2) is 5.84 Å². The molecular weight excluding hydrogens is 262 g/mol. The normalized spacial score (nSPS) is 10.7. The van der Waals surface area contributed by atoms with Crippen molar-refractivity contribution in [3.63, 3.8) is 0 Å². The molecule has 4 heteroatoms. The number of nitrogens with two attached hydrogens (primary N) is 1. The van der Waals surface area contributed by atoms with E-state index in [-0.39, 0.29) is 5.91 Å². The average molecular weight is 283 g/mol. The summed E-state index contributed by atoms with van der Waals surface area (Å²) in [5.74, 6) is 4.90. The number of rotatable bonds is 5. The third-order valence-electron chi connectivity index (χ3n) is 3.47. The first-order valence-corrected chi connectivity index (χ1v) is 6.93. The van der Waals surface area contributed by atoms with E-state index in [1.807, 2.05) is 24.3 Å². The van der Waals surface area contributed by atoms with E-state index in [2.05, 4.69) is 42.5 Å². The van der Waals surface area contributed by atoms with Crippen molar-refractivity contribution in [2.75, 3.05) is 7.05 Å². The minimum atomic E-state index is -0.265. The maximum atomic E-state index is 11.5. The van der Waals surface area contributed by atoms with Crippen molar-refractivity contribution in [3.8, 4) is 0 Å². The van der Waals surface area contributed by atoms with E-state index < -0.39 is 0 Å². The summed E-state index contributed by atoms with van der Waals surface area (Å²) in [4.78, 5) is 13.8. The molecule has 1 amide bonds. The molecule has 0 aromatic heterocycles. The number of aryl methyl sites for hydroxylation is 1. The van der Waals surface area contributed by atoms with Gasteiger partial charge in [-0.2, -0.15) is 0 Å². The number of hydrogen-bond donors (Lipinski definition) is 2. The molecule has 2 rings (SSSR count). The van der Waals surface area contributed by atoms with Crippen LogP contribution in [-0.2, 0) is 13.1 Å². The number of benzene rings is 2. The first-order valence-electron chi connectivity index (χ1n) is 6.93. The quantitative estimate of drug-likeness (QED) is 0.502. The average Bonchev–Trinajstić information content (AvgIpc) is 2.49. The molecule has 0 aliphatic rings. The Balaban J connectivity index is 2.04. The van der Waals surface area contributed by atoms with E-state index in [1.54, 1.807) is 6.07 Å². The molecule has 0 unspecified atom stereocenters. The van der Waals surface area contributed by atoms with Gasteiger partial charge in [0.15, 0.2) is 0 Å². The van der Waals surface area contributed by atoms with Crippen molar-refractivity contribution in [2.45, 2.75) is 20.0 Å². The highest BCUT2D eigenvalue weighted by atomic mass is 16.2. The summed E-state index contributed by atoms with van der Waals surface area (Å²) < 4.78 is 0. The highest BCUT2D eigenvalue weighted by molar-refractivity contribution is 5.93. The van der Waals surface area contributed by atoms with Gasteiger partial charge < -0.3 is 0 Å². The highest BCUT2D eigenvalue weighted by Gasteiger charge is 2.07. The minimum absolute atomic E-state index is 0.265. The van der Waals surface area contributed by atoms with Crippen molar-refractivity contribution < 1.29 is 4.79 Å². The maximum Gasteiger partial charge on any atom is 0.265 e. The maximum absolute atomic E-state index is 11.5. The lowest BCUT2D eigenvalue weighted by Gasteiger charge is -2.18. The zero-order valence-electron chi connectivity index (χ0n) is 12.5. The molecule has 0 radical (unpaired) electrons. The molecular formula is C17H21N3O. The number of nitrogens with one attached hydrogen (secondary N) is 1. The zero-order chi connectivity index (χ0) is 15.2. The summed E-state index contributed by atoms with van der Waals surface area (Å²) >= 11 is 0. The summed E-state index contributed by atoms with van der Waals surface area (Å²) in [5.41, 5.74) is 6.44. The molecule has 0 aliphatic heterocycles. The summed E-state index contributed by atoms with van der Waals surface area (Å²) in [7, 11) is 2.07. The van der Waals surface area contributed by atoms with Gasteiger partial charge in [0.1, 0.15) is 0 Å². The number of nitrogens with zero attached hydrogens (tertiary/aromatic N) is 1. The zero-order valence-corrected chi connectivity index (χ0v) is 12.5. The van der Waals surface area contributed by atoms with Crippen LogP contribution in [0.4, 0.5) is 0 Å². The van der Waals surface area contributed by atoms with Crippen molar-refractivity contribution >= 4 is 5.91 Å². The van der Waals surface area contributed by atoms with Crippen LogP contribution in [0.2, 0.25) is 0 Å². The Morgan fingerprint density at radius 3 is 2.62 bits per heavy atom. The van der Waals surface area contributed by atoms with Gasteiger partial charge >= 0.3 is 0 Å². The van der Waals surface area contributed by atoms with Crippen molar-refractivity contribution in [2.24, 2.45) is 5.84 Å². The van der Waals surface area contributed by atoms with Crippen LogP contribution in [-0.4, -0.2) is 17.9 Å². The predicted molar refractivity (Wildman–Crippen MR) is 84.4 cm³/mol. The molecule has 0 heterocycles. The molecule has 0 fully saturated rings. The van der Waals surface area contributed by atoms with Crippen LogP contribution < -0.4 is 11.3 Å². The van der Waals surface area contributed by atoms with Gasteiger partial charge in [0, 0.05) is 18.7 Å². The van der Waals surface area contributed by atoms with E-state index in [4.69, 9.17) is 5.84 Å². The van der Waals surface area contributed by atoms with Crippen molar-refractivity contribution in [1.29, 1.82) is 0 Å². The summed E-state index contributed by atoms with van der Waals surface area (Å²) in [6.45, 7) is 3.77. The van der Waals surface area contributed by atoms with Crippen LogP contribution in [0.5, 0.6) is 0 Å². The molecule has 0 saturated carbocycles. The smallest absolute Gasteiger partial charge is 0.265 e. The molecule has 2 aromatic rings. The van der Waals surface area contributed by atoms with E-state index in [0.717, 1.165) is 18.7 Å². The van der Waals surface area contributed by atoms with Crippen LogP contribution in [0.1, 0.15) is 27.0 Å². The lowest BCUT2D eigenvalue weighted by Crippen LogP contribution is -2.30. The summed E-state index contributed by atoms with van der Waals surface area (Å²) in [6, 6.07) is 15.9. The van der Waals surface area contributed by atoms with Crippen LogP contribution in [0, 0.1) is 6.92 Å². The third kappa shape index (κ3) is 4.15. The van der Waals surface area contributed by atoms with E-state index in [9.17, 15) is 4.79 Å². The molecule has 4 nitrogen and oxygen atoms in total. The summed E-state index contributed by atoms with van der Waals surface area (Å²) in [5, 5.41) is 0. The minimum Gasteiger partial charge on any atom is -0.298 e. The second-order valence-electron chi connectivity index (χ2n) is 5.27. The number of carbonyl (C=O) groups excluding carboxylic acids is 1. The van der Waals surface area contributed by atoms with Gasteiger partial charge in [-0.1, -0.05) is 36.4 Å². The van der Waals surface area contributed by atoms with Crippen molar-refractivity contribution in [1.82, 2.24) is 10.3 Å². The molecule has 2 aromatic carbocycles. The van der Waals surface area contributed by atoms with Crippen LogP contribution in [0.3, 0.4) is 0 Å². The number of carbonyl (C=O) groups is 1. The van der Waals surface area contributed by atoms with E-state index in [0.29, 0.717) is 5.56 Å². The summed E-state index contributed by atoms with van der Waals surface area (Å²) in [6.07, 6.45) is 0. The molecule has 110 valence electrons. The number of hydrazine groups is 1. The Morgan fingerprint density at radius 1 is 1.14 bits per heavy atom. The fourth-order valence-corrected chi connectivity index (χ4v) is 2.34. The lowest BCUT2D eigenvalue weighted by atomic mass is 10.1. The molecule has 0 aliphatic carbocycles. The van der Waals surface area contributed by atoms with Gasteiger partial charge in [-0.3, -0.25) is 15.1 Å². The third-order valence-corrected chi connectivity index (χ3v) is 3.47. The first kappa shape index (κ1) is 15.2. The molecule has 0 spiro atoms. The fraction of sp³-hybridized carbons (Fsp3) is 0.235. The number of hydrogen-bond acceptors (Lipinski definition) is 3. The van der Waals surface area contributed by atoms with Crippen LogP contribution in [0.15, 0.2) is 48.5 Å². The second-order valence-corrected chi connectivity index (χ2v) is 5.27. The monoisotopic (exact) mass is 283 g/mol. The first-order chi connectivity index (χ1) is 10.1. The Labute approximate surface area is 125 Å². The highest BCUT2D eigenvalue weighted by Crippen LogP contribution is 2.13. The van der Waals surface area contributed by atoms with Gasteiger partial charge in [0.25, 0.3) is 5.91 Å². The molecule has 0 saturated heterocycles. The number of amides is 1. The Kier molecular flexibility index (Phi) is 5.09.